The summed E-state index contributed by atoms with van der Waals surface area (Å²) in [5.74, 6) is 0.785. The van der Waals surface area contributed by atoms with Crippen LogP contribution in [-0.4, -0.2) is 15.6 Å². The van der Waals surface area contributed by atoms with Crippen molar-refractivity contribution >= 4 is 5.78 Å². The van der Waals surface area contributed by atoms with Gasteiger partial charge in [0.25, 0.3) is 0 Å². The molecule has 1 heterocycles. The fraction of sp³-hybridized carbons (Fsp3) is 0.692. The van der Waals surface area contributed by atoms with Crippen LogP contribution in [0.2, 0.25) is 0 Å². The van der Waals surface area contributed by atoms with Crippen molar-refractivity contribution in [3.05, 3.63) is 17.0 Å². The van der Waals surface area contributed by atoms with Crippen LogP contribution in [0.25, 0.3) is 0 Å². The number of carbonyl (C=O) groups excluding carboxylic acids is 1. The van der Waals surface area contributed by atoms with E-state index in [1.807, 2.05) is 25.6 Å². The van der Waals surface area contributed by atoms with Gasteiger partial charge in [-0.2, -0.15) is 5.10 Å². The highest BCUT2D eigenvalue weighted by Gasteiger charge is 2.29. The molecule has 0 amide bonds. The summed E-state index contributed by atoms with van der Waals surface area (Å²) >= 11 is 0. The Morgan fingerprint density at radius 3 is 2.81 bits per heavy atom. The van der Waals surface area contributed by atoms with Gasteiger partial charge in [-0.25, -0.2) is 0 Å². The van der Waals surface area contributed by atoms with E-state index in [0.29, 0.717) is 5.78 Å². The first-order chi connectivity index (χ1) is 7.50. The maximum Gasteiger partial charge on any atom is 0.138 e. The Morgan fingerprint density at radius 1 is 1.50 bits per heavy atom. The zero-order chi connectivity index (χ0) is 11.9. The summed E-state index contributed by atoms with van der Waals surface area (Å²) in [4.78, 5) is 12.0. The Kier molecular flexibility index (Phi) is 2.87. The number of hydrogen-bond donors (Lipinski definition) is 0. The van der Waals surface area contributed by atoms with Crippen LogP contribution >= 0.6 is 0 Å². The second kappa shape index (κ2) is 4.04. The molecule has 0 spiro atoms. The van der Waals surface area contributed by atoms with Crippen LogP contribution in [0.15, 0.2) is 0 Å². The van der Waals surface area contributed by atoms with E-state index < -0.39 is 0 Å². The SMILES string of the molecule is Cc1c2c(nn1C)CCC(C(=O)C(C)C)C2. The first-order valence-electron chi connectivity index (χ1n) is 6.05. The minimum absolute atomic E-state index is 0.156. The van der Waals surface area contributed by atoms with Gasteiger partial charge in [0.2, 0.25) is 0 Å². The van der Waals surface area contributed by atoms with Gasteiger partial charge in [-0.05, 0) is 31.7 Å². The fourth-order valence-electron chi connectivity index (χ4n) is 2.56. The van der Waals surface area contributed by atoms with Gasteiger partial charge in [0.1, 0.15) is 5.78 Å². The summed E-state index contributed by atoms with van der Waals surface area (Å²) in [5.41, 5.74) is 3.73. The van der Waals surface area contributed by atoms with E-state index in [1.54, 1.807) is 0 Å². The van der Waals surface area contributed by atoms with Crippen molar-refractivity contribution in [1.29, 1.82) is 0 Å². The summed E-state index contributed by atoms with van der Waals surface area (Å²) in [7, 11) is 1.98. The predicted octanol–water partition coefficient (Wildman–Crippen LogP) is 2.06. The molecule has 0 N–H and O–H groups in total. The molecule has 1 aliphatic rings. The average molecular weight is 220 g/mol. The van der Waals surface area contributed by atoms with E-state index in [1.165, 1.54) is 17.0 Å². The largest absolute Gasteiger partial charge is 0.299 e. The molecule has 2 rings (SSSR count). The lowest BCUT2D eigenvalue weighted by Gasteiger charge is -2.22. The Bertz CT molecular complexity index is 418. The van der Waals surface area contributed by atoms with Crippen LogP contribution in [0.4, 0.5) is 0 Å². The summed E-state index contributed by atoms with van der Waals surface area (Å²) < 4.78 is 1.94. The van der Waals surface area contributed by atoms with E-state index >= 15 is 0 Å². The molecule has 0 aliphatic heterocycles. The third-order valence-electron chi connectivity index (χ3n) is 3.69. The van der Waals surface area contributed by atoms with Gasteiger partial charge in [-0.1, -0.05) is 13.8 Å². The number of fused-ring (bicyclic) bond motifs is 1. The number of rotatable bonds is 2. The van der Waals surface area contributed by atoms with Crippen molar-refractivity contribution < 1.29 is 4.79 Å². The number of Topliss-reactive ketones (excluding diaryl/α,β-unsaturated/α-hetero) is 1. The Hall–Kier alpha value is -1.12. The molecule has 3 heteroatoms. The second-order valence-electron chi connectivity index (χ2n) is 5.13. The zero-order valence-electron chi connectivity index (χ0n) is 10.6. The molecule has 0 saturated heterocycles. The van der Waals surface area contributed by atoms with Gasteiger partial charge in [-0.3, -0.25) is 9.48 Å². The molecule has 0 saturated carbocycles. The van der Waals surface area contributed by atoms with Crippen LogP contribution < -0.4 is 0 Å². The maximum absolute atomic E-state index is 12.0. The highest BCUT2D eigenvalue weighted by molar-refractivity contribution is 5.83. The Labute approximate surface area is 96.8 Å². The molecule has 0 fully saturated rings. The van der Waals surface area contributed by atoms with Gasteiger partial charge >= 0.3 is 0 Å². The van der Waals surface area contributed by atoms with Crippen LogP contribution in [0.1, 0.15) is 37.2 Å². The molecular weight excluding hydrogens is 200 g/mol. The molecule has 16 heavy (non-hydrogen) atoms. The Morgan fingerprint density at radius 2 is 2.19 bits per heavy atom. The number of hydrogen-bond acceptors (Lipinski definition) is 2. The lowest BCUT2D eigenvalue weighted by molar-refractivity contribution is -0.126. The summed E-state index contributed by atoms with van der Waals surface area (Å²) in [6.07, 6.45) is 2.83. The van der Waals surface area contributed by atoms with Crippen molar-refractivity contribution in [3.63, 3.8) is 0 Å². The van der Waals surface area contributed by atoms with Crippen LogP contribution in [0, 0.1) is 18.8 Å². The van der Waals surface area contributed by atoms with Crippen molar-refractivity contribution in [2.45, 2.75) is 40.0 Å². The van der Waals surface area contributed by atoms with Crippen molar-refractivity contribution in [1.82, 2.24) is 9.78 Å². The minimum Gasteiger partial charge on any atom is -0.299 e. The van der Waals surface area contributed by atoms with E-state index in [2.05, 4.69) is 12.0 Å². The predicted molar refractivity (Wildman–Crippen MR) is 63.3 cm³/mol. The van der Waals surface area contributed by atoms with Crippen molar-refractivity contribution in [2.75, 3.05) is 0 Å². The van der Waals surface area contributed by atoms with Crippen LogP contribution in [0.5, 0.6) is 0 Å². The van der Waals surface area contributed by atoms with Gasteiger partial charge in [0, 0.05) is 24.6 Å². The molecule has 3 nitrogen and oxygen atoms in total. The maximum atomic E-state index is 12.0. The molecule has 0 aromatic carbocycles. The molecule has 0 bridgehead atoms. The monoisotopic (exact) mass is 220 g/mol. The highest BCUT2D eigenvalue weighted by Crippen LogP contribution is 2.29. The molecular formula is C13H20N2O. The topological polar surface area (TPSA) is 34.9 Å². The molecule has 1 aliphatic carbocycles. The zero-order valence-corrected chi connectivity index (χ0v) is 10.6. The number of carbonyl (C=O) groups is 1. The van der Waals surface area contributed by atoms with Crippen LogP contribution in [0.3, 0.4) is 0 Å². The molecule has 88 valence electrons. The lowest BCUT2D eigenvalue weighted by Crippen LogP contribution is -2.26. The standard InChI is InChI=1S/C13H20N2O/c1-8(2)13(16)10-5-6-12-11(7-10)9(3)15(4)14-12/h8,10H,5-7H2,1-4H3. The highest BCUT2D eigenvalue weighted by atomic mass is 16.1. The summed E-state index contributed by atoms with van der Waals surface area (Å²) in [5, 5.41) is 4.49. The van der Waals surface area contributed by atoms with Gasteiger partial charge < -0.3 is 0 Å². The van der Waals surface area contributed by atoms with Gasteiger partial charge in [-0.15, -0.1) is 0 Å². The van der Waals surface area contributed by atoms with E-state index in [9.17, 15) is 4.79 Å². The van der Waals surface area contributed by atoms with Crippen molar-refractivity contribution in [2.24, 2.45) is 18.9 Å². The van der Waals surface area contributed by atoms with Gasteiger partial charge in [0.05, 0.1) is 5.69 Å². The summed E-state index contributed by atoms with van der Waals surface area (Å²) in [6, 6.07) is 0. The van der Waals surface area contributed by atoms with Crippen molar-refractivity contribution in [3.8, 4) is 0 Å². The number of nitrogens with zero attached hydrogens (tertiary/aromatic N) is 2. The average Bonchev–Trinajstić information content (AvgIpc) is 2.53. The fourth-order valence-corrected chi connectivity index (χ4v) is 2.56. The third kappa shape index (κ3) is 1.79. The third-order valence-corrected chi connectivity index (χ3v) is 3.69. The summed E-state index contributed by atoms with van der Waals surface area (Å²) in [6.45, 7) is 6.08. The quantitative estimate of drug-likeness (QED) is 0.764. The van der Waals surface area contributed by atoms with Gasteiger partial charge in [0.15, 0.2) is 0 Å². The molecule has 1 aromatic heterocycles. The molecule has 1 unspecified atom stereocenters. The number of aromatic nitrogens is 2. The smallest absolute Gasteiger partial charge is 0.138 e. The normalized spacial score (nSPS) is 19.9. The lowest BCUT2D eigenvalue weighted by atomic mass is 9.81. The van der Waals surface area contributed by atoms with E-state index in [0.717, 1.165) is 19.3 Å². The molecule has 1 aromatic rings. The molecule has 0 radical (unpaired) electrons. The van der Waals surface area contributed by atoms with Crippen LogP contribution in [-0.2, 0) is 24.7 Å². The van der Waals surface area contributed by atoms with E-state index in [4.69, 9.17) is 0 Å². The van der Waals surface area contributed by atoms with E-state index in [-0.39, 0.29) is 11.8 Å². The second-order valence-corrected chi connectivity index (χ2v) is 5.13. The minimum atomic E-state index is 0.156. The number of ketones is 1. The first kappa shape index (κ1) is 11.4. The molecule has 1 atom stereocenters. The number of aryl methyl sites for hydroxylation is 2. The Balaban J connectivity index is 2.23. The first-order valence-corrected chi connectivity index (χ1v) is 6.05.